The fourth-order valence-electron chi connectivity index (χ4n) is 4.09. The second kappa shape index (κ2) is 7.79. The largest absolute Gasteiger partial charge is 0.431 e. The van der Waals surface area contributed by atoms with E-state index in [-0.39, 0.29) is 45.8 Å². The van der Waals surface area contributed by atoms with Gasteiger partial charge in [-0.25, -0.2) is 4.39 Å². The molecule has 1 aliphatic heterocycles. The van der Waals surface area contributed by atoms with Crippen LogP contribution >= 0.6 is 0 Å². The van der Waals surface area contributed by atoms with Crippen LogP contribution in [0.25, 0.3) is 10.9 Å². The van der Waals surface area contributed by atoms with Crippen LogP contribution in [0.4, 0.5) is 17.6 Å². The summed E-state index contributed by atoms with van der Waals surface area (Å²) in [6.45, 7) is 5.71. The fraction of sp³-hybridized carbons (Fsp3) is 0.450. The number of fused-ring (bicyclic) bond motifs is 1. The maximum Gasteiger partial charge on any atom is 0.431 e. The van der Waals surface area contributed by atoms with Gasteiger partial charge in [-0.15, -0.1) is 0 Å². The number of nitrogens with two attached hydrogens (primary N) is 1. The third-order valence-electron chi connectivity index (χ3n) is 5.61. The average molecular weight is 413 g/mol. The lowest BCUT2D eigenvalue weighted by Gasteiger charge is -2.31. The molecule has 9 heteroatoms. The molecule has 0 aliphatic carbocycles. The number of halogens is 4. The number of aromatic amines is 1. The van der Waals surface area contributed by atoms with Crippen molar-refractivity contribution >= 4 is 16.8 Å². The number of H-pyrrole nitrogens is 1. The molecule has 0 bridgehead atoms. The van der Waals surface area contributed by atoms with Crippen LogP contribution in [0.2, 0.25) is 0 Å². The number of piperidine rings is 1. The number of aromatic nitrogens is 1. The number of amides is 1. The van der Waals surface area contributed by atoms with Crippen molar-refractivity contribution in [1.29, 1.82) is 0 Å². The Labute approximate surface area is 165 Å². The number of alkyl halides is 3. The number of hydrogen-bond donors (Lipinski definition) is 3. The summed E-state index contributed by atoms with van der Waals surface area (Å²) in [7, 11) is 0. The molecule has 0 saturated carbocycles. The maximum absolute atomic E-state index is 14.9. The van der Waals surface area contributed by atoms with Crippen molar-refractivity contribution < 1.29 is 27.5 Å². The molecule has 3 rings (SSSR count). The first-order valence-corrected chi connectivity index (χ1v) is 9.30. The van der Waals surface area contributed by atoms with Crippen LogP contribution in [-0.4, -0.2) is 34.0 Å². The molecule has 0 radical (unpaired) electrons. The van der Waals surface area contributed by atoms with E-state index in [1.165, 1.54) is 13.0 Å². The van der Waals surface area contributed by atoms with E-state index in [2.05, 4.69) is 11.6 Å². The van der Waals surface area contributed by atoms with Crippen LogP contribution in [0.15, 0.2) is 18.7 Å². The topological polar surface area (TPSA) is 82.3 Å². The molecule has 1 aromatic heterocycles. The monoisotopic (exact) mass is 413 g/mol. The highest BCUT2D eigenvalue weighted by Gasteiger charge is 2.37. The summed E-state index contributed by atoms with van der Waals surface area (Å²) in [6, 6.07) is 0.995. The molecule has 29 heavy (non-hydrogen) atoms. The summed E-state index contributed by atoms with van der Waals surface area (Å²) in [4.78, 5) is 15.6. The van der Waals surface area contributed by atoms with E-state index >= 15 is 0 Å². The summed E-state index contributed by atoms with van der Waals surface area (Å²) in [5, 5.41) is 9.84. The van der Waals surface area contributed by atoms with Crippen molar-refractivity contribution in [2.45, 2.75) is 38.6 Å². The highest BCUT2D eigenvalue weighted by Crippen LogP contribution is 2.40. The van der Waals surface area contributed by atoms with Crippen LogP contribution < -0.4 is 5.73 Å². The molecule has 1 saturated heterocycles. The Bertz CT molecular complexity index is 942. The van der Waals surface area contributed by atoms with Crippen LogP contribution in [0, 0.1) is 18.7 Å². The Morgan fingerprint density at radius 3 is 2.59 bits per heavy atom. The SMILES string of the molecule is C=CC(=O)N1CCC(Cc2c(F)cc(C(N)O)c3[nH]c(C(F)(F)F)c(C)c23)CC1. The van der Waals surface area contributed by atoms with E-state index in [1.54, 1.807) is 4.90 Å². The first kappa shape index (κ1) is 21.3. The number of nitrogens with one attached hydrogen (secondary N) is 1. The standard InChI is InChI=1S/C20H23F4N3O2/c1-3-15(28)27-6-4-11(5-7-27)8-12-14(21)9-13(19(25)29)17-16(12)10(2)18(26-17)20(22,23)24/h3,9,11,19,26,29H,1,4-8,25H2,2H3. The molecule has 4 N–H and O–H groups in total. The average Bonchev–Trinajstić information content (AvgIpc) is 3.01. The second-order valence-corrected chi connectivity index (χ2v) is 7.42. The molecular weight excluding hydrogens is 390 g/mol. The Hall–Kier alpha value is -2.39. The molecule has 2 heterocycles. The number of rotatable bonds is 4. The van der Waals surface area contributed by atoms with E-state index in [4.69, 9.17) is 5.73 Å². The van der Waals surface area contributed by atoms with Gasteiger partial charge >= 0.3 is 6.18 Å². The minimum Gasteiger partial charge on any atom is -0.374 e. The number of aliphatic hydroxyl groups excluding tert-OH is 1. The quantitative estimate of drug-likeness (QED) is 0.407. The smallest absolute Gasteiger partial charge is 0.374 e. The minimum absolute atomic E-state index is 0.000459. The van der Waals surface area contributed by atoms with Gasteiger partial charge in [0, 0.05) is 24.0 Å². The van der Waals surface area contributed by atoms with Gasteiger partial charge < -0.3 is 20.7 Å². The predicted molar refractivity (Wildman–Crippen MR) is 100 cm³/mol. The second-order valence-electron chi connectivity index (χ2n) is 7.42. The molecule has 1 fully saturated rings. The number of carbonyl (C=O) groups is 1. The summed E-state index contributed by atoms with van der Waals surface area (Å²) >= 11 is 0. The number of carbonyl (C=O) groups excluding carboxylic acids is 1. The number of aryl methyl sites for hydroxylation is 1. The van der Waals surface area contributed by atoms with Crippen molar-refractivity contribution in [2.75, 3.05) is 13.1 Å². The van der Waals surface area contributed by atoms with E-state index in [0.717, 1.165) is 6.07 Å². The van der Waals surface area contributed by atoms with Crippen LogP contribution in [0.1, 0.15) is 41.5 Å². The Balaban J connectivity index is 2.01. The van der Waals surface area contributed by atoms with Crippen molar-refractivity contribution in [3.8, 4) is 0 Å². The minimum atomic E-state index is -4.65. The van der Waals surface area contributed by atoms with Gasteiger partial charge in [0.1, 0.15) is 17.7 Å². The number of nitrogens with zero attached hydrogens (tertiary/aromatic N) is 1. The van der Waals surface area contributed by atoms with Gasteiger partial charge in [-0.3, -0.25) is 4.79 Å². The fourth-order valence-corrected chi connectivity index (χ4v) is 4.09. The van der Waals surface area contributed by atoms with Gasteiger partial charge in [0.25, 0.3) is 0 Å². The lowest BCUT2D eigenvalue weighted by Crippen LogP contribution is -2.37. The van der Waals surface area contributed by atoms with Gasteiger partial charge in [0.2, 0.25) is 5.91 Å². The van der Waals surface area contributed by atoms with Gasteiger partial charge in [0.15, 0.2) is 0 Å². The molecule has 1 atom stereocenters. The predicted octanol–water partition coefficient (Wildman–Crippen LogP) is 3.55. The summed E-state index contributed by atoms with van der Waals surface area (Å²) < 4.78 is 55.1. The van der Waals surface area contributed by atoms with E-state index in [1.807, 2.05) is 0 Å². The van der Waals surface area contributed by atoms with Gasteiger partial charge in [-0.05, 0) is 55.4 Å². The summed E-state index contributed by atoms with van der Waals surface area (Å²) in [5.41, 5.74) is 4.40. The molecule has 158 valence electrons. The molecule has 1 aromatic carbocycles. The highest BCUT2D eigenvalue weighted by molar-refractivity contribution is 5.91. The Morgan fingerprint density at radius 2 is 2.07 bits per heavy atom. The van der Waals surface area contributed by atoms with Gasteiger partial charge in [0.05, 0.1) is 5.52 Å². The molecule has 1 aliphatic rings. The van der Waals surface area contributed by atoms with E-state index in [0.29, 0.717) is 25.9 Å². The van der Waals surface area contributed by atoms with E-state index < -0.39 is 23.9 Å². The van der Waals surface area contributed by atoms with Gasteiger partial charge in [-0.2, -0.15) is 13.2 Å². The lowest BCUT2D eigenvalue weighted by molar-refractivity contribution is -0.141. The van der Waals surface area contributed by atoms with Crippen molar-refractivity contribution in [2.24, 2.45) is 11.7 Å². The zero-order chi connectivity index (χ0) is 21.5. The first-order valence-electron chi connectivity index (χ1n) is 9.30. The van der Waals surface area contributed by atoms with Crippen LogP contribution in [0.5, 0.6) is 0 Å². The zero-order valence-electron chi connectivity index (χ0n) is 15.9. The normalized spacial score (nSPS) is 17.0. The maximum atomic E-state index is 14.9. The number of aliphatic hydroxyl groups is 1. The molecular formula is C20H23F4N3O2. The van der Waals surface area contributed by atoms with Crippen LogP contribution in [0.3, 0.4) is 0 Å². The first-order chi connectivity index (χ1) is 13.5. The third kappa shape index (κ3) is 4.02. The number of benzene rings is 1. The van der Waals surface area contributed by atoms with Crippen LogP contribution in [-0.2, 0) is 17.4 Å². The third-order valence-corrected chi connectivity index (χ3v) is 5.61. The summed E-state index contributed by atoms with van der Waals surface area (Å²) in [6.07, 6.45) is -3.58. The molecule has 1 amide bonds. The highest BCUT2D eigenvalue weighted by atomic mass is 19.4. The Kier molecular flexibility index (Phi) is 5.73. The summed E-state index contributed by atoms with van der Waals surface area (Å²) in [5.74, 6) is -0.856. The molecule has 0 spiro atoms. The Morgan fingerprint density at radius 1 is 1.45 bits per heavy atom. The number of likely N-dealkylation sites (tertiary alicyclic amines) is 1. The van der Waals surface area contributed by atoms with Crippen molar-refractivity contribution in [3.63, 3.8) is 0 Å². The zero-order valence-corrected chi connectivity index (χ0v) is 15.9. The van der Waals surface area contributed by atoms with Crippen molar-refractivity contribution in [3.05, 3.63) is 46.9 Å². The number of hydrogen-bond acceptors (Lipinski definition) is 3. The molecule has 2 aromatic rings. The van der Waals surface area contributed by atoms with Gasteiger partial charge in [-0.1, -0.05) is 6.58 Å². The molecule has 1 unspecified atom stereocenters. The molecule has 5 nitrogen and oxygen atoms in total. The van der Waals surface area contributed by atoms with E-state index in [9.17, 15) is 27.5 Å². The van der Waals surface area contributed by atoms with Crippen molar-refractivity contribution in [1.82, 2.24) is 9.88 Å². The lowest BCUT2D eigenvalue weighted by atomic mass is 9.87.